The predicted octanol–water partition coefficient (Wildman–Crippen LogP) is 3.11. The molecule has 0 fully saturated rings. The normalized spacial score (nSPS) is 10.1. The highest BCUT2D eigenvalue weighted by atomic mass is 35.5. The number of benzene rings is 1. The number of aromatic nitrogens is 1. The molecule has 16 heavy (non-hydrogen) atoms. The molecule has 0 spiro atoms. The Morgan fingerprint density at radius 1 is 1.25 bits per heavy atom. The lowest BCUT2D eigenvalue weighted by molar-refractivity contribution is 0.103. The van der Waals surface area contributed by atoms with E-state index in [0.717, 1.165) is 6.07 Å². The molecule has 1 aromatic heterocycles. The summed E-state index contributed by atoms with van der Waals surface area (Å²) in [6, 6.07) is 8.93. The van der Waals surface area contributed by atoms with E-state index in [1.807, 2.05) is 0 Å². The second-order valence-corrected chi connectivity index (χ2v) is 3.58. The Hall–Kier alpha value is -1.74. The van der Waals surface area contributed by atoms with Crippen molar-refractivity contribution >= 4 is 17.4 Å². The van der Waals surface area contributed by atoms with Gasteiger partial charge in [0.15, 0.2) is 0 Å². The van der Waals surface area contributed by atoms with Crippen LogP contribution in [-0.4, -0.2) is 10.8 Å². The molecular formula is C12H7ClFNO. The van der Waals surface area contributed by atoms with Crippen LogP contribution < -0.4 is 0 Å². The van der Waals surface area contributed by atoms with Gasteiger partial charge in [0, 0.05) is 11.8 Å². The summed E-state index contributed by atoms with van der Waals surface area (Å²) in [5.41, 5.74) is 0.518. The topological polar surface area (TPSA) is 30.0 Å². The molecule has 0 radical (unpaired) electrons. The van der Waals surface area contributed by atoms with E-state index in [1.54, 1.807) is 18.2 Å². The Bertz CT molecular complexity index is 528. The van der Waals surface area contributed by atoms with Crippen LogP contribution in [0.3, 0.4) is 0 Å². The average molecular weight is 236 g/mol. The third-order valence-corrected chi connectivity index (χ3v) is 2.39. The number of carbonyl (C=O) groups is 1. The number of hydrogen-bond acceptors (Lipinski definition) is 2. The molecular weight excluding hydrogens is 229 g/mol. The fourth-order valence-corrected chi connectivity index (χ4v) is 1.40. The lowest BCUT2D eigenvalue weighted by atomic mass is 10.1. The first kappa shape index (κ1) is 10.8. The van der Waals surface area contributed by atoms with E-state index in [2.05, 4.69) is 4.98 Å². The quantitative estimate of drug-likeness (QED) is 0.749. The summed E-state index contributed by atoms with van der Waals surface area (Å²) in [4.78, 5) is 15.7. The number of nitrogens with zero attached hydrogens (tertiary/aromatic N) is 1. The van der Waals surface area contributed by atoms with Crippen molar-refractivity contribution in [2.45, 2.75) is 0 Å². The number of halogens is 2. The maximum Gasteiger partial charge on any atom is 0.211 e. The van der Waals surface area contributed by atoms with Crippen LogP contribution in [0.5, 0.6) is 0 Å². The van der Waals surface area contributed by atoms with Crippen LogP contribution >= 0.6 is 11.6 Å². The zero-order chi connectivity index (χ0) is 11.5. The van der Waals surface area contributed by atoms with E-state index in [0.29, 0.717) is 0 Å². The Morgan fingerprint density at radius 2 is 2.06 bits per heavy atom. The summed E-state index contributed by atoms with van der Waals surface area (Å²) in [7, 11) is 0. The minimum atomic E-state index is -0.608. The van der Waals surface area contributed by atoms with Crippen LogP contribution in [0.2, 0.25) is 5.02 Å². The molecule has 80 valence electrons. The SMILES string of the molecule is O=C(c1ccc(Cl)c(F)c1)c1ccccn1. The molecule has 1 heterocycles. The summed E-state index contributed by atoms with van der Waals surface area (Å²) in [6.07, 6.45) is 1.51. The van der Waals surface area contributed by atoms with Crippen LogP contribution in [0, 0.1) is 5.82 Å². The zero-order valence-corrected chi connectivity index (χ0v) is 8.91. The summed E-state index contributed by atoms with van der Waals surface area (Å²) >= 11 is 5.53. The molecule has 0 amide bonds. The van der Waals surface area contributed by atoms with E-state index in [9.17, 15) is 9.18 Å². The monoisotopic (exact) mass is 235 g/mol. The van der Waals surface area contributed by atoms with Crippen molar-refractivity contribution in [3.8, 4) is 0 Å². The van der Waals surface area contributed by atoms with Crippen molar-refractivity contribution in [3.05, 3.63) is 64.7 Å². The van der Waals surface area contributed by atoms with Crippen molar-refractivity contribution in [2.75, 3.05) is 0 Å². The van der Waals surface area contributed by atoms with Gasteiger partial charge in [0.1, 0.15) is 11.5 Å². The van der Waals surface area contributed by atoms with Crippen LogP contribution in [0.15, 0.2) is 42.6 Å². The summed E-state index contributed by atoms with van der Waals surface area (Å²) in [5.74, 6) is -0.931. The molecule has 0 N–H and O–H groups in total. The van der Waals surface area contributed by atoms with Crippen molar-refractivity contribution < 1.29 is 9.18 Å². The minimum Gasteiger partial charge on any atom is -0.287 e. The smallest absolute Gasteiger partial charge is 0.211 e. The highest BCUT2D eigenvalue weighted by Crippen LogP contribution is 2.17. The fourth-order valence-electron chi connectivity index (χ4n) is 1.28. The Morgan fingerprint density at radius 3 is 2.69 bits per heavy atom. The van der Waals surface area contributed by atoms with Crippen LogP contribution in [-0.2, 0) is 0 Å². The van der Waals surface area contributed by atoms with Gasteiger partial charge in [-0.05, 0) is 30.3 Å². The Kier molecular flexibility index (Phi) is 2.97. The maximum absolute atomic E-state index is 13.2. The Balaban J connectivity index is 2.39. The van der Waals surface area contributed by atoms with Gasteiger partial charge in [-0.25, -0.2) is 4.39 Å². The number of pyridine rings is 1. The van der Waals surface area contributed by atoms with Crippen molar-refractivity contribution in [1.29, 1.82) is 0 Å². The van der Waals surface area contributed by atoms with E-state index < -0.39 is 5.82 Å². The molecule has 2 nitrogen and oxygen atoms in total. The molecule has 0 saturated carbocycles. The molecule has 0 bridgehead atoms. The molecule has 4 heteroatoms. The van der Waals surface area contributed by atoms with E-state index in [4.69, 9.17) is 11.6 Å². The molecule has 0 aliphatic heterocycles. The second-order valence-electron chi connectivity index (χ2n) is 3.17. The lowest BCUT2D eigenvalue weighted by Gasteiger charge is -2.01. The van der Waals surface area contributed by atoms with Gasteiger partial charge >= 0.3 is 0 Å². The van der Waals surface area contributed by atoms with Gasteiger partial charge in [-0.3, -0.25) is 9.78 Å². The predicted molar refractivity (Wildman–Crippen MR) is 59.1 cm³/mol. The molecule has 2 rings (SSSR count). The van der Waals surface area contributed by atoms with Crippen molar-refractivity contribution in [1.82, 2.24) is 4.98 Å². The van der Waals surface area contributed by atoms with E-state index in [-0.39, 0.29) is 22.1 Å². The van der Waals surface area contributed by atoms with Gasteiger partial charge in [-0.1, -0.05) is 17.7 Å². The molecule has 0 aliphatic carbocycles. The third kappa shape index (κ3) is 2.09. The molecule has 1 aromatic carbocycles. The standard InChI is InChI=1S/C12H7ClFNO/c13-9-5-4-8(7-10(9)14)12(16)11-3-1-2-6-15-11/h1-7H. The van der Waals surface area contributed by atoms with Gasteiger partial charge in [0.05, 0.1) is 5.02 Å². The van der Waals surface area contributed by atoms with E-state index in [1.165, 1.54) is 18.3 Å². The molecule has 0 unspecified atom stereocenters. The third-order valence-electron chi connectivity index (χ3n) is 2.08. The molecule has 0 aliphatic rings. The first-order valence-electron chi connectivity index (χ1n) is 4.59. The highest BCUT2D eigenvalue weighted by Gasteiger charge is 2.11. The van der Waals surface area contributed by atoms with E-state index >= 15 is 0 Å². The fraction of sp³-hybridized carbons (Fsp3) is 0. The van der Waals surface area contributed by atoms with Gasteiger partial charge in [-0.15, -0.1) is 0 Å². The highest BCUT2D eigenvalue weighted by molar-refractivity contribution is 6.30. The number of carbonyl (C=O) groups excluding carboxylic acids is 1. The summed E-state index contributed by atoms with van der Waals surface area (Å²) in [6.45, 7) is 0. The summed E-state index contributed by atoms with van der Waals surface area (Å²) < 4.78 is 13.2. The van der Waals surface area contributed by atoms with Crippen molar-refractivity contribution in [3.63, 3.8) is 0 Å². The first-order valence-corrected chi connectivity index (χ1v) is 4.97. The first-order chi connectivity index (χ1) is 7.68. The van der Waals surface area contributed by atoms with Gasteiger partial charge in [0.25, 0.3) is 0 Å². The lowest BCUT2D eigenvalue weighted by Crippen LogP contribution is -2.03. The number of rotatable bonds is 2. The zero-order valence-electron chi connectivity index (χ0n) is 8.15. The van der Waals surface area contributed by atoms with Gasteiger partial charge < -0.3 is 0 Å². The van der Waals surface area contributed by atoms with Crippen LogP contribution in [0.4, 0.5) is 4.39 Å². The molecule has 0 atom stereocenters. The number of ketones is 1. The minimum absolute atomic E-state index is 0.00225. The van der Waals surface area contributed by atoms with Crippen LogP contribution in [0.1, 0.15) is 16.1 Å². The largest absolute Gasteiger partial charge is 0.287 e. The molecule has 0 saturated heterocycles. The maximum atomic E-state index is 13.2. The summed E-state index contributed by atoms with van der Waals surface area (Å²) in [5, 5.41) is -0.00225. The van der Waals surface area contributed by atoms with Gasteiger partial charge in [-0.2, -0.15) is 0 Å². The molecule has 2 aromatic rings. The average Bonchev–Trinajstić information content (AvgIpc) is 2.33. The van der Waals surface area contributed by atoms with Gasteiger partial charge in [0.2, 0.25) is 5.78 Å². The van der Waals surface area contributed by atoms with Crippen LogP contribution in [0.25, 0.3) is 0 Å². The number of hydrogen-bond donors (Lipinski definition) is 0. The Labute approximate surface area is 96.7 Å². The second kappa shape index (κ2) is 4.41. The van der Waals surface area contributed by atoms with Crippen molar-refractivity contribution in [2.24, 2.45) is 0 Å².